The van der Waals surface area contributed by atoms with E-state index in [1.165, 1.54) is 0 Å². The van der Waals surface area contributed by atoms with Crippen molar-refractivity contribution in [1.29, 1.82) is 0 Å². The summed E-state index contributed by atoms with van der Waals surface area (Å²) in [5.41, 5.74) is 0.698. The second-order valence-electron chi connectivity index (χ2n) is 5.51. The fraction of sp³-hybridized carbons (Fsp3) is 0.167. The van der Waals surface area contributed by atoms with Crippen molar-refractivity contribution in [3.05, 3.63) is 59.7 Å². The Labute approximate surface area is 150 Å². The number of esters is 1. The van der Waals surface area contributed by atoms with Crippen molar-refractivity contribution in [2.75, 3.05) is 11.9 Å². The van der Waals surface area contributed by atoms with E-state index in [0.717, 1.165) is 6.07 Å². The molecule has 0 unspecified atom stereocenters. The number of hydrogen-bond acceptors (Lipinski definition) is 5. The number of halogens is 3. The largest absolute Gasteiger partial charge is 0.456 e. The molecule has 0 fully saturated rings. The van der Waals surface area contributed by atoms with Crippen LogP contribution in [0.1, 0.15) is 12.3 Å². The molecule has 0 bridgehead atoms. The second kappa shape index (κ2) is 7.90. The van der Waals surface area contributed by atoms with E-state index in [4.69, 9.17) is 9.15 Å². The van der Waals surface area contributed by atoms with Crippen molar-refractivity contribution in [1.82, 2.24) is 4.98 Å². The summed E-state index contributed by atoms with van der Waals surface area (Å²) in [6, 6.07) is 8.63. The molecule has 0 radical (unpaired) electrons. The van der Waals surface area contributed by atoms with Gasteiger partial charge in [-0.1, -0.05) is 12.1 Å². The molecule has 0 spiro atoms. The maximum atomic E-state index is 13.5. The highest BCUT2D eigenvalue weighted by Crippen LogP contribution is 2.19. The fourth-order valence-electron chi connectivity index (χ4n) is 2.26. The number of rotatable bonds is 6. The van der Waals surface area contributed by atoms with Gasteiger partial charge in [-0.05, 0) is 24.3 Å². The maximum Gasteiger partial charge on any atom is 0.306 e. The normalized spacial score (nSPS) is 10.8. The number of benzene rings is 2. The van der Waals surface area contributed by atoms with Crippen LogP contribution < -0.4 is 5.32 Å². The molecule has 0 saturated heterocycles. The Balaban J connectivity index is 1.47. The standard InChI is InChI=1S/C18H13F3N2O4/c19-10-5-6-12(18(21)17(10)20)22-14(24)9-26-16(25)8-7-15-23-11-3-1-2-4-13(11)27-15/h1-6H,7-9H2,(H,22,24). The van der Waals surface area contributed by atoms with Gasteiger partial charge in [0.15, 0.2) is 35.5 Å². The first-order valence-corrected chi connectivity index (χ1v) is 7.87. The molecule has 2 aromatic carbocycles. The van der Waals surface area contributed by atoms with E-state index >= 15 is 0 Å². The number of fused-ring (bicyclic) bond motifs is 1. The Kier molecular flexibility index (Phi) is 5.39. The lowest BCUT2D eigenvalue weighted by Crippen LogP contribution is -2.22. The zero-order valence-corrected chi connectivity index (χ0v) is 13.8. The van der Waals surface area contributed by atoms with Gasteiger partial charge in [-0.25, -0.2) is 18.2 Å². The van der Waals surface area contributed by atoms with Crippen molar-refractivity contribution in [2.24, 2.45) is 0 Å². The van der Waals surface area contributed by atoms with Crippen LogP contribution in [0.4, 0.5) is 18.9 Å². The minimum Gasteiger partial charge on any atom is -0.456 e. The lowest BCUT2D eigenvalue weighted by atomic mass is 10.3. The molecule has 0 aliphatic carbocycles. The average Bonchev–Trinajstić information content (AvgIpc) is 3.08. The Bertz CT molecular complexity index is 970. The van der Waals surface area contributed by atoms with E-state index in [9.17, 15) is 22.8 Å². The molecule has 27 heavy (non-hydrogen) atoms. The van der Waals surface area contributed by atoms with Gasteiger partial charge in [0.05, 0.1) is 12.1 Å². The lowest BCUT2D eigenvalue weighted by molar-refractivity contribution is -0.147. The number of amides is 1. The first-order chi connectivity index (χ1) is 12.9. The van der Waals surface area contributed by atoms with Crippen LogP contribution in [0.25, 0.3) is 11.1 Å². The minimum absolute atomic E-state index is 0.0837. The van der Waals surface area contributed by atoms with E-state index in [-0.39, 0.29) is 12.8 Å². The molecular weight excluding hydrogens is 365 g/mol. The van der Waals surface area contributed by atoms with E-state index in [1.54, 1.807) is 24.3 Å². The average molecular weight is 378 g/mol. The predicted molar refractivity (Wildman–Crippen MR) is 88.2 cm³/mol. The molecule has 6 nitrogen and oxygen atoms in total. The highest BCUT2D eigenvalue weighted by Gasteiger charge is 2.16. The lowest BCUT2D eigenvalue weighted by Gasteiger charge is -2.08. The van der Waals surface area contributed by atoms with Gasteiger partial charge >= 0.3 is 5.97 Å². The van der Waals surface area contributed by atoms with Crippen molar-refractivity contribution in [3.8, 4) is 0 Å². The molecule has 0 aliphatic rings. The molecule has 140 valence electrons. The van der Waals surface area contributed by atoms with Crippen molar-refractivity contribution < 1.29 is 31.9 Å². The monoisotopic (exact) mass is 378 g/mol. The molecule has 0 aliphatic heterocycles. The zero-order valence-electron chi connectivity index (χ0n) is 13.8. The summed E-state index contributed by atoms with van der Waals surface area (Å²) < 4.78 is 49.6. The quantitative estimate of drug-likeness (QED) is 0.525. The highest BCUT2D eigenvalue weighted by molar-refractivity contribution is 5.92. The Hall–Kier alpha value is -3.36. The minimum atomic E-state index is -1.71. The topological polar surface area (TPSA) is 81.4 Å². The van der Waals surface area contributed by atoms with Gasteiger partial charge in [0, 0.05) is 6.42 Å². The fourth-order valence-corrected chi connectivity index (χ4v) is 2.26. The first kappa shape index (κ1) is 18.4. The van der Waals surface area contributed by atoms with Gasteiger partial charge in [-0.15, -0.1) is 0 Å². The number of aromatic nitrogens is 1. The van der Waals surface area contributed by atoms with Gasteiger partial charge in [-0.2, -0.15) is 0 Å². The summed E-state index contributed by atoms with van der Waals surface area (Å²) in [5, 5.41) is 2.00. The molecule has 0 atom stereocenters. The molecule has 3 rings (SSSR count). The van der Waals surface area contributed by atoms with Gasteiger partial charge in [-0.3, -0.25) is 9.59 Å². The summed E-state index contributed by atoms with van der Waals surface area (Å²) in [6.45, 7) is -0.704. The van der Waals surface area contributed by atoms with E-state index in [1.807, 2.05) is 5.32 Å². The molecule has 9 heteroatoms. The number of carbonyl (C=O) groups is 2. The van der Waals surface area contributed by atoms with Gasteiger partial charge in [0.1, 0.15) is 5.52 Å². The Morgan fingerprint density at radius 1 is 1.07 bits per heavy atom. The molecule has 1 aromatic heterocycles. The molecule has 1 heterocycles. The third-order valence-corrected chi connectivity index (χ3v) is 3.55. The van der Waals surface area contributed by atoms with Crippen LogP contribution in [-0.2, 0) is 20.7 Å². The molecular formula is C18H13F3N2O4. The number of hydrogen-bond donors (Lipinski definition) is 1. The number of nitrogens with one attached hydrogen (secondary N) is 1. The van der Waals surface area contributed by atoms with E-state index in [0.29, 0.717) is 23.1 Å². The zero-order chi connectivity index (χ0) is 19.4. The summed E-state index contributed by atoms with van der Waals surface area (Å²) in [5.74, 6) is -5.86. The van der Waals surface area contributed by atoms with Crippen LogP contribution in [0.3, 0.4) is 0 Å². The maximum absolute atomic E-state index is 13.5. The third-order valence-electron chi connectivity index (χ3n) is 3.55. The van der Waals surface area contributed by atoms with Crippen LogP contribution >= 0.6 is 0 Å². The summed E-state index contributed by atoms with van der Waals surface area (Å²) >= 11 is 0. The Morgan fingerprint density at radius 2 is 1.85 bits per heavy atom. The van der Waals surface area contributed by atoms with Crippen LogP contribution in [-0.4, -0.2) is 23.5 Å². The number of ether oxygens (including phenoxy) is 1. The third kappa shape index (κ3) is 4.43. The van der Waals surface area contributed by atoms with Gasteiger partial charge in [0.25, 0.3) is 5.91 Å². The number of para-hydroxylation sites is 2. The number of anilines is 1. The molecule has 0 saturated carbocycles. The Morgan fingerprint density at radius 3 is 2.63 bits per heavy atom. The van der Waals surface area contributed by atoms with Crippen LogP contribution in [0, 0.1) is 17.5 Å². The van der Waals surface area contributed by atoms with Crippen LogP contribution in [0.15, 0.2) is 40.8 Å². The highest BCUT2D eigenvalue weighted by atomic mass is 19.2. The predicted octanol–water partition coefficient (Wildman–Crippen LogP) is 3.36. The molecule has 1 amide bonds. The number of oxazole rings is 1. The van der Waals surface area contributed by atoms with Crippen LogP contribution in [0.2, 0.25) is 0 Å². The van der Waals surface area contributed by atoms with Crippen molar-refractivity contribution in [3.63, 3.8) is 0 Å². The summed E-state index contributed by atoms with van der Waals surface area (Å²) in [6.07, 6.45) is 0.0899. The summed E-state index contributed by atoms with van der Waals surface area (Å²) in [4.78, 5) is 27.6. The molecule has 1 N–H and O–H groups in total. The second-order valence-corrected chi connectivity index (χ2v) is 5.51. The summed E-state index contributed by atoms with van der Waals surface area (Å²) in [7, 11) is 0. The first-order valence-electron chi connectivity index (χ1n) is 7.87. The molecule has 3 aromatic rings. The van der Waals surface area contributed by atoms with Crippen molar-refractivity contribution in [2.45, 2.75) is 12.8 Å². The van der Waals surface area contributed by atoms with E-state index < -0.39 is 41.6 Å². The number of carbonyl (C=O) groups excluding carboxylic acids is 2. The van der Waals surface area contributed by atoms with Gasteiger partial charge < -0.3 is 14.5 Å². The number of aryl methyl sites for hydroxylation is 1. The van der Waals surface area contributed by atoms with Gasteiger partial charge in [0.2, 0.25) is 0 Å². The van der Waals surface area contributed by atoms with Crippen molar-refractivity contribution >= 4 is 28.7 Å². The van der Waals surface area contributed by atoms with E-state index in [2.05, 4.69) is 4.98 Å². The van der Waals surface area contributed by atoms with Crippen LogP contribution in [0.5, 0.6) is 0 Å². The SMILES string of the molecule is O=C(COC(=O)CCc1nc2ccccc2o1)Nc1ccc(F)c(F)c1F. The smallest absolute Gasteiger partial charge is 0.306 e. The number of nitrogens with zero attached hydrogens (tertiary/aromatic N) is 1.